The van der Waals surface area contributed by atoms with Gasteiger partial charge in [0.25, 0.3) is 0 Å². The van der Waals surface area contributed by atoms with Gasteiger partial charge in [-0.05, 0) is 31.2 Å². The highest BCUT2D eigenvalue weighted by molar-refractivity contribution is 5.89. The number of aldehydes is 1. The summed E-state index contributed by atoms with van der Waals surface area (Å²) in [6.07, 6.45) is 2.36. The molecule has 0 unspecified atom stereocenters. The maximum Gasteiger partial charge on any atom is 0.153 e. The van der Waals surface area contributed by atoms with Gasteiger partial charge in [0, 0.05) is 23.3 Å². The number of halogens is 1. The number of hydrogen-bond acceptors (Lipinski definition) is 4. The predicted octanol–water partition coefficient (Wildman–Crippen LogP) is 3.85. The van der Waals surface area contributed by atoms with E-state index in [2.05, 4.69) is 4.98 Å². The van der Waals surface area contributed by atoms with E-state index in [9.17, 15) is 9.18 Å². The van der Waals surface area contributed by atoms with Gasteiger partial charge >= 0.3 is 0 Å². The van der Waals surface area contributed by atoms with Gasteiger partial charge in [-0.3, -0.25) is 9.78 Å². The largest absolute Gasteiger partial charge is 0.493 e. The molecular formula is C18H17FN2O2. The van der Waals surface area contributed by atoms with Crippen LogP contribution in [0.2, 0.25) is 0 Å². The van der Waals surface area contributed by atoms with Crippen molar-refractivity contribution in [3.8, 4) is 5.75 Å². The molecule has 4 nitrogen and oxygen atoms in total. The van der Waals surface area contributed by atoms with Crippen LogP contribution in [0.25, 0.3) is 10.9 Å². The summed E-state index contributed by atoms with van der Waals surface area (Å²) in [6, 6.07) is 13.5. The van der Waals surface area contributed by atoms with Crippen LogP contribution < -0.4 is 10.5 Å². The molecule has 3 aromatic rings. The smallest absolute Gasteiger partial charge is 0.153 e. The van der Waals surface area contributed by atoms with Crippen molar-refractivity contribution in [2.45, 2.75) is 6.92 Å². The molecule has 0 fully saturated rings. The Kier molecular flexibility index (Phi) is 5.63. The molecule has 23 heavy (non-hydrogen) atoms. The van der Waals surface area contributed by atoms with E-state index in [0.29, 0.717) is 24.2 Å². The molecule has 0 aliphatic heterocycles. The average molecular weight is 312 g/mol. The number of rotatable bonds is 3. The topological polar surface area (TPSA) is 65.2 Å². The summed E-state index contributed by atoms with van der Waals surface area (Å²) in [5.41, 5.74) is 7.83. The van der Waals surface area contributed by atoms with Crippen molar-refractivity contribution in [1.82, 2.24) is 4.98 Å². The van der Waals surface area contributed by atoms with Crippen LogP contribution in [-0.2, 0) is 0 Å². The Balaban J connectivity index is 0.000000167. The molecular weight excluding hydrogens is 295 g/mol. The number of pyridine rings is 1. The number of para-hydroxylation sites is 1. The van der Waals surface area contributed by atoms with Crippen molar-refractivity contribution in [2.75, 3.05) is 12.3 Å². The Hall–Kier alpha value is -2.95. The molecule has 1 heterocycles. The Morgan fingerprint density at radius 1 is 1.22 bits per heavy atom. The molecule has 0 aliphatic rings. The fraction of sp³-hybridized carbons (Fsp3) is 0.111. The van der Waals surface area contributed by atoms with Crippen molar-refractivity contribution in [3.05, 3.63) is 66.1 Å². The first-order valence-corrected chi connectivity index (χ1v) is 7.12. The highest BCUT2D eigenvalue weighted by Crippen LogP contribution is 2.18. The number of hydrogen-bond donors (Lipinski definition) is 1. The minimum atomic E-state index is -0.399. The molecule has 0 saturated heterocycles. The number of nitrogens with two attached hydrogens (primary N) is 1. The molecule has 0 aliphatic carbocycles. The standard InChI is InChI=1S/C9H9FO2.C9H8N2/c1-2-12-9-5-8(10)4-3-7(9)6-11;10-8-5-6-11-9-4-2-1-3-7(8)9/h3-6H,2H2,1H3;1-6H,(H2,10,11). The number of benzene rings is 2. The second-order valence-corrected chi connectivity index (χ2v) is 4.65. The predicted molar refractivity (Wildman–Crippen MR) is 89.1 cm³/mol. The molecule has 0 spiro atoms. The summed E-state index contributed by atoms with van der Waals surface area (Å²) >= 11 is 0. The lowest BCUT2D eigenvalue weighted by atomic mass is 10.2. The first-order chi connectivity index (χ1) is 11.2. The first kappa shape index (κ1) is 16.4. The zero-order valence-electron chi connectivity index (χ0n) is 12.7. The normalized spacial score (nSPS) is 9.83. The quantitative estimate of drug-likeness (QED) is 0.746. The second-order valence-electron chi connectivity index (χ2n) is 4.65. The maximum absolute atomic E-state index is 12.6. The van der Waals surface area contributed by atoms with Crippen molar-refractivity contribution in [3.63, 3.8) is 0 Å². The maximum atomic E-state index is 12.6. The van der Waals surface area contributed by atoms with E-state index in [1.807, 2.05) is 30.3 Å². The van der Waals surface area contributed by atoms with Gasteiger partial charge in [0.15, 0.2) is 6.29 Å². The van der Waals surface area contributed by atoms with Crippen LogP contribution in [0.3, 0.4) is 0 Å². The van der Waals surface area contributed by atoms with Crippen LogP contribution in [-0.4, -0.2) is 17.9 Å². The molecule has 0 radical (unpaired) electrons. The van der Waals surface area contributed by atoms with Gasteiger partial charge in [0.1, 0.15) is 11.6 Å². The van der Waals surface area contributed by atoms with E-state index in [1.165, 1.54) is 18.2 Å². The second kappa shape index (κ2) is 7.89. The number of aromatic nitrogens is 1. The number of carbonyl (C=O) groups excluding carboxylic acids is 1. The number of nitrogen functional groups attached to an aromatic ring is 1. The van der Waals surface area contributed by atoms with Crippen molar-refractivity contribution < 1.29 is 13.9 Å². The monoisotopic (exact) mass is 312 g/mol. The highest BCUT2D eigenvalue weighted by atomic mass is 19.1. The van der Waals surface area contributed by atoms with Gasteiger partial charge in [0.2, 0.25) is 0 Å². The first-order valence-electron chi connectivity index (χ1n) is 7.12. The number of fused-ring (bicyclic) bond motifs is 1. The summed E-state index contributed by atoms with van der Waals surface area (Å²) in [6.45, 7) is 2.20. The number of ether oxygens (including phenoxy) is 1. The summed E-state index contributed by atoms with van der Waals surface area (Å²) in [5, 5.41) is 1.02. The van der Waals surface area contributed by atoms with Gasteiger partial charge < -0.3 is 10.5 Å². The third kappa shape index (κ3) is 4.26. The molecule has 0 bridgehead atoms. The van der Waals surface area contributed by atoms with Crippen LogP contribution in [0.1, 0.15) is 17.3 Å². The van der Waals surface area contributed by atoms with Crippen LogP contribution >= 0.6 is 0 Å². The van der Waals surface area contributed by atoms with Crippen LogP contribution in [0.4, 0.5) is 10.1 Å². The molecule has 2 N–H and O–H groups in total. The van der Waals surface area contributed by atoms with E-state index in [1.54, 1.807) is 13.1 Å². The van der Waals surface area contributed by atoms with Crippen LogP contribution in [0.5, 0.6) is 5.75 Å². The lowest BCUT2D eigenvalue weighted by Crippen LogP contribution is -1.96. The molecule has 2 aromatic carbocycles. The van der Waals surface area contributed by atoms with Gasteiger partial charge in [-0.1, -0.05) is 18.2 Å². The van der Waals surface area contributed by atoms with E-state index in [4.69, 9.17) is 10.5 Å². The number of carbonyl (C=O) groups is 1. The van der Waals surface area contributed by atoms with E-state index < -0.39 is 5.82 Å². The zero-order chi connectivity index (χ0) is 16.7. The van der Waals surface area contributed by atoms with Gasteiger partial charge in [-0.25, -0.2) is 4.39 Å². The van der Waals surface area contributed by atoms with Gasteiger partial charge in [-0.15, -0.1) is 0 Å². The molecule has 3 rings (SSSR count). The van der Waals surface area contributed by atoms with E-state index in [0.717, 1.165) is 16.6 Å². The van der Waals surface area contributed by atoms with E-state index in [-0.39, 0.29) is 0 Å². The lowest BCUT2D eigenvalue weighted by Gasteiger charge is -2.04. The summed E-state index contributed by atoms with van der Waals surface area (Å²) in [5.74, 6) is -0.100. The summed E-state index contributed by atoms with van der Waals surface area (Å²) in [4.78, 5) is 14.6. The third-order valence-corrected chi connectivity index (χ3v) is 3.09. The Labute approximate surface area is 133 Å². The molecule has 118 valence electrons. The highest BCUT2D eigenvalue weighted by Gasteiger charge is 2.02. The van der Waals surface area contributed by atoms with Crippen LogP contribution in [0.15, 0.2) is 54.7 Å². The minimum Gasteiger partial charge on any atom is -0.493 e. The number of anilines is 1. The van der Waals surface area contributed by atoms with Crippen molar-refractivity contribution in [2.24, 2.45) is 0 Å². The lowest BCUT2D eigenvalue weighted by molar-refractivity contribution is 0.112. The molecule has 5 heteroatoms. The van der Waals surface area contributed by atoms with Gasteiger partial charge in [0.05, 0.1) is 17.7 Å². The average Bonchev–Trinajstić information content (AvgIpc) is 2.57. The Morgan fingerprint density at radius 2 is 2.00 bits per heavy atom. The Bertz CT molecular complexity index is 801. The fourth-order valence-corrected chi connectivity index (χ4v) is 2.00. The summed E-state index contributed by atoms with van der Waals surface area (Å²) in [7, 11) is 0. The molecule has 1 aromatic heterocycles. The van der Waals surface area contributed by atoms with Crippen molar-refractivity contribution in [1.29, 1.82) is 0 Å². The van der Waals surface area contributed by atoms with Crippen molar-refractivity contribution >= 4 is 22.9 Å². The van der Waals surface area contributed by atoms with Crippen LogP contribution in [0, 0.1) is 5.82 Å². The third-order valence-electron chi connectivity index (χ3n) is 3.09. The Morgan fingerprint density at radius 3 is 2.70 bits per heavy atom. The minimum absolute atomic E-state index is 0.299. The molecule has 0 saturated carbocycles. The fourth-order valence-electron chi connectivity index (χ4n) is 2.00. The molecule has 0 atom stereocenters. The zero-order valence-corrected chi connectivity index (χ0v) is 12.7. The number of nitrogens with zero attached hydrogens (tertiary/aromatic N) is 1. The van der Waals surface area contributed by atoms with Gasteiger partial charge in [-0.2, -0.15) is 0 Å². The molecule has 0 amide bonds. The summed E-state index contributed by atoms with van der Waals surface area (Å²) < 4.78 is 17.6. The SMILES string of the molecule is CCOc1cc(F)ccc1C=O.Nc1ccnc2ccccc12. The van der Waals surface area contributed by atoms with E-state index >= 15 is 0 Å².